The molecule has 0 spiro atoms. The number of rotatable bonds is 8. The number of nitrogens with one attached hydrogen (secondary N) is 2. The highest BCUT2D eigenvalue weighted by atomic mass is 16.5. The number of nitrogens with zero attached hydrogens (tertiary/aromatic N) is 1. The van der Waals surface area contributed by atoms with Crippen molar-refractivity contribution in [2.24, 2.45) is 0 Å². The van der Waals surface area contributed by atoms with Gasteiger partial charge in [0.1, 0.15) is 17.1 Å². The molecule has 0 fully saturated rings. The molecule has 0 bridgehead atoms. The third-order valence-electron chi connectivity index (χ3n) is 6.11. The molecule has 6 nitrogen and oxygen atoms in total. The SMILES string of the molecule is CCCCOc1cc(C(=O)Nc2cccc3ccccc23)nc(C(=O)Nc2cccc3ccccc23)c1. The Morgan fingerprint density at radius 1 is 0.703 bits per heavy atom. The van der Waals surface area contributed by atoms with E-state index in [4.69, 9.17) is 4.74 Å². The normalized spacial score (nSPS) is 10.8. The lowest BCUT2D eigenvalue weighted by Gasteiger charge is -2.13. The van der Waals surface area contributed by atoms with E-state index in [1.807, 2.05) is 84.9 Å². The topological polar surface area (TPSA) is 80.3 Å². The Labute approximate surface area is 215 Å². The van der Waals surface area contributed by atoms with Crippen molar-refractivity contribution in [3.63, 3.8) is 0 Å². The third kappa shape index (κ3) is 5.43. The number of hydrogen-bond acceptors (Lipinski definition) is 4. The minimum Gasteiger partial charge on any atom is -0.493 e. The number of pyridine rings is 1. The van der Waals surface area contributed by atoms with Crippen molar-refractivity contribution in [2.75, 3.05) is 17.2 Å². The highest BCUT2D eigenvalue weighted by Gasteiger charge is 2.17. The largest absolute Gasteiger partial charge is 0.493 e. The van der Waals surface area contributed by atoms with E-state index in [1.54, 1.807) is 12.1 Å². The van der Waals surface area contributed by atoms with E-state index in [0.29, 0.717) is 23.7 Å². The van der Waals surface area contributed by atoms with E-state index in [1.165, 1.54) is 0 Å². The predicted molar refractivity (Wildman–Crippen MR) is 148 cm³/mol. The Hall–Kier alpha value is -4.71. The van der Waals surface area contributed by atoms with Gasteiger partial charge in [-0.1, -0.05) is 86.1 Å². The smallest absolute Gasteiger partial charge is 0.274 e. The zero-order valence-electron chi connectivity index (χ0n) is 20.5. The van der Waals surface area contributed by atoms with Crippen LogP contribution in [0.3, 0.4) is 0 Å². The van der Waals surface area contributed by atoms with E-state index in [0.717, 1.165) is 34.4 Å². The highest BCUT2D eigenvalue weighted by molar-refractivity contribution is 6.11. The highest BCUT2D eigenvalue weighted by Crippen LogP contribution is 2.26. The lowest BCUT2D eigenvalue weighted by Crippen LogP contribution is -2.19. The molecule has 2 amide bonds. The molecular weight excluding hydrogens is 462 g/mol. The summed E-state index contributed by atoms with van der Waals surface area (Å²) in [6.45, 7) is 2.55. The van der Waals surface area contributed by atoms with Crippen LogP contribution < -0.4 is 15.4 Å². The molecule has 1 aromatic heterocycles. The summed E-state index contributed by atoms with van der Waals surface area (Å²) in [4.78, 5) is 31.0. The van der Waals surface area contributed by atoms with Crippen LogP contribution in [0, 0.1) is 0 Å². The van der Waals surface area contributed by atoms with Crippen LogP contribution in [0.25, 0.3) is 21.5 Å². The Balaban J connectivity index is 1.46. The van der Waals surface area contributed by atoms with Crippen molar-refractivity contribution >= 4 is 44.7 Å². The summed E-state index contributed by atoms with van der Waals surface area (Å²) in [5, 5.41) is 9.76. The van der Waals surface area contributed by atoms with Crippen molar-refractivity contribution < 1.29 is 14.3 Å². The maximum Gasteiger partial charge on any atom is 0.274 e. The first kappa shape index (κ1) is 24.0. The van der Waals surface area contributed by atoms with Crippen molar-refractivity contribution in [1.29, 1.82) is 0 Å². The van der Waals surface area contributed by atoms with E-state index in [2.05, 4.69) is 22.5 Å². The monoisotopic (exact) mass is 489 g/mol. The van der Waals surface area contributed by atoms with Crippen LogP contribution in [0.1, 0.15) is 40.7 Å². The Kier molecular flexibility index (Phi) is 7.08. The van der Waals surface area contributed by atoms with Crippen LogP contribution >= 0.6 is 0 Å². The molecule has 37 heavy (non-hydrogen) atoms. The van der Waals surface area contributed by atoms with Gasteiger partial charge in [-0.05, 0) is 29.3 Å². The molecule has 5 rings (SSSR count). The molecule has 0 saturated carbocycles. The summed E-state index contributed by atoms with van der Waals surface area (Å²) >= 11 is 0. The summed E-state index contributed by atoms with van der Waals surface area (Å²) < 4.78 is 5.87. The average molecular weight is 490 g/mol. The molecular formula is C31H27N3O3. The molecule has 6 heteroatoms. The third-order valence-corrected chi connectivity index (χ3v) is 6.11. The van der Waals surface area contributed by atoms with Crippen LogP contribution in [0.2, 0.25) is 0 Å². The van der Waals surface area contributed by atoms with Gasteiger partial charge in [-0.25, -0.2) is 4.98 Å². The van der Waals surface area contributed by atoms with Crippen LogP contribution in [0.5, 0.6) is 5.75 Å². The quantitative estimate of drug-likeness (QED) is 0.228. The van der Waals surface area contributed by atoms with Gasteiger partial charge >= 0.3 is 0 Å². The maximum absolute atomic E-state index is 13.3. The molecule has 0 saturated heterocycles. The van der Waals surface area contributed by atoms with Crippen LogP contribution in [-0.4, -0.2) is 23.4 Å². The molecule has 0 radical (unpaired) electrons. The fourth-order valence-corrected chi connectivity index (χ4v) is 4.20. The molecule has 1 heterocycles. The first-order valence-electron chi connectivity index (χ1n) is 12.4. The van der Waals surface area contributed by atoms with Crippen LogP contribution in [-0.2, 0) is 0 Å². The zero-order chi connectivity index (χ0) is 25.6. The Morgan fingerprint density at radius 3 is 1.70 bits per heavy atom. The molecule has 0 atom stereocenters. The van der Waals surface area contributed by atoms with E-state index >= 15 is 0 Å². The second kappa shape index (κ2) is 10.9. The number of benzene rings is 4. The number of fused-ring (bicyclic) bond motifs is 2. The van der Waals surface area contributed by atoms with E-state index in [-0.39, 0.29) is 11.4 Å². The fraction of sp³-hybridized carbons (Fsp3) is 0.129. The number of anilines is 2. The van der Waals surface area contributed by atoms with Crippen molar-refractivity contribution in [2.45, 2.75) is 19.8 Å². The summed E-state index contributed by atoms with van der Waals surface area (Å²) in [5.41, 5.74) is 1.54. The molecule has 4 aromatic carbocycles. The van der Waals surface area contributed by atoms with Gasteiger partial charge < -0.3 is 15.4 Å². The number of amides is 2. The number of ether oxygens (including phenoxy) is 1. The average Bonchev–Trinajstić information content (AvgIpc) is 2.93. The Morgan fingerprint density at radius 2 is 1.19 bits per heavy atom. The number of hydrogen-bond donors (Lipinski definition) is 2. The standard InChI is InChI=1S/C31H27N3O3/c1-2-3-18-37-23-19-28(30(35)33-26-16-8-12-21-10-4-6-14-24(21)26)32-29(20-23)31(36)34-27-17-9-13-22-11-5-7-15-25(22)27/h4-17,19-20H,2-3,18H2,1H3,(H,33,35)(H,34,36). The molecule has 0 aliphatic carbocycles. The maximum atomic E-state index is 13.3. The minimum absolute atomic E-state index is 0.102. The number of aromatic nitrogens is 1. The fourth-order valence-electron chi connectivity index (χ4n) is 4.20. The van der Waals surface area contributed by atoms with Crippen molar-refractivity contribution in [1.82, 2.24) is 4.98 Å². The van der Waals surface area contributed by atoms with E-state index in [9.17, 15) is 9.59 Å². The lowest BCUT2D eigenvalue weighted by atomic mass is 10.1. The van der Waals surface area contributed by atoms with Gasteiger partial charge in [-0.2, -0.15) is 0 Å². The molecule has 2 N–H and O–H groups in total. The van der Waals surface area contributed by atoms with Crippen molar-refractivity contribution in [3.8, 4) is 5.75 Å². The summed E-state index contributed by atoms with van der Waals surface area (Å²) in [5.74, 6) is -0.414. The molecule has 184 valence electrons. The summed E-state index contributed by atoms with van der Waals surface area (Å²) in [7, 11) is 0. The van der Waals surface area contributed by atoms with Crippen LogP contribution in [0.15, 0.2) is 97.1 Å². The predicted octanol–water partition coefficient (Wildman–Crippen LogP) is 7.07. The number of carbonyl (C=O) groups excluding carboxylic acids is 2. The second-order valence-corrected chi connectivity index (χ2v) is 8.74. The number of unbranched alkanes of at least 4 members (excludes halogenated alkanes) is 1. The van der Waals surface area contributed by atoms with Gasteiger partial charge in [0.2, 0.25) is 0 Å². The van der Waals surface area contributed by atoms with Gasteiger partial charge in [0.05, 0.1) is 6.61 Å². The van der Waals surface area contributed by atoms with E-state index < -0.39 is 11.8 Å². The van der Waals surface area contributed by atoms with Gasteiger partial charge in [-0.15, -0.1) is 0 Å². The lowest BCUT2D eigenvalue weighted by molar-refractivity contribution is 0.101. The summed E-state index contributed by atoms with van der Waals surface area (Å²) in [6.07, 6.45) is 1.82. The molecule has 0 aliphatic heterocycles. The van der Waals surface area contributed by atoms with Crippen LogP contribution in [0.4, 0.5) is 11.4 Å². The molecule has 0 unspecified atom stereocenters. The van der Waals surface area contributed by atoms with Crippen molar-refractivity contribution in [3.05, 3.63) is 108 Å². The van der Waals surface area contributed by atoms with Gasteiger partial charge in [-0.3, -0.25) is 9.59 Å². The summed E-state index contributed by atoms with van der Waals surface area (Å²) in [6, 6.07) is 30.2. The first-order chi connectivity index (χ1) is 18.1. The molecule has 5 aromatic rings. The van der Waals surface area contributed by atoms with Gasteiger partial charge in [0.15, 0.2) is 0 Å². The zero-order valence-corrected chi connectivity index (χ0v) is 20.5. The number of carbonyl (C=O) groups is 2. The molecule has 0 aliphatic rings. The minimum atomic E-state index is -0.420. The Bertz CT molecular complexity index is 1470. The van der Waals surface area contributed by atoms with Gasteiger partial charge in [0.25, 0.3) is 11.8 Å². The second-order valence-electron chi connectivity index (χ2n) is 8.74. The van der Waals surface area contributed by atoms with Gasteiger partial charge in [0, 0.05) is 34.3 Å². The first-order valence-corrected chi connectivity index (χ1v) is 12.4.